The van der Waals surface area contributed by atoms with Gasteiger partial charge in [-0.05, 0) is 31.0 Å². The molecular formula is C21H28ClN5O3. The van der Waals surface area contributed by atoms with Crippen LogP contribution in [0.15, 0.2) is 18.2 Å². The van der Waals surface area contributed by atoms with Crippen LogP contribution in [-0.2, 0) is 9.47 Å². The van der Waals surface area contributed by atoms with Crippen LogP contribution in [0.1, 0.15) is 23.7 Å². The molecule has 0 aliphatic carbocycles. The largest absolute Gasteiger partial charge is 0.495 e. The first-order valence-electron chi connectivity index (χ1n) is 10.2. The zero-order valence-electron chi connectivity index (χ0n) is 17.4. The standard InChI is InChI=1S/C21H28ClN5O3/c1-14-10-20(25-21(23)24-14)27-4-3-7-30-13-18(27)15-11-19(28-2)17(12-16(15)22)26-5-8-29-9-6-26/h10-12,18H,3-9,13H2,1-2H3,(H2,23,24,25). The number of morpholine rings is 1. The molecule has 0 spiro atoms. The number of nitrogens with zero attached hydrogens (tertiary/aromatic N) is 4. The fourth-order valence-corrected chi connectivity index (χ4v) is 4.34. The molecule has 1 atom stereocenters. The first-order chi connectivity index (χ1) is 14.6. The van der Waals surface area contributed by atoms with E-state index in [1.165, 1.54) is 0 Å². The van der Waals surface area contributed by atoms with E-state index in [2.05, 4.69) is 19.8 Å². The Hall–Kier alpha value is -2.29. The lowest BCUT2D eigenvalue weighted by atomic mass is 10.0. The number of benzene rings is 1. The SMILES string of the molecule is COc1cc(C2COCCCN2c2cc(C)nc(N)n2)c(Cl)cc1N1CCOCC1. The predicted octanol–water partition coefficient (Wildman–Crippen LogP) is 2.83. The quantitative estimate of drug-likeness (QED) is 0.787. The molecule has 1 aromatic heterocycles. The summed E-state index contributed by atoms with van der Waals surface area (Å²) in [6.07, 6.45) is 0.889. The monoisotopic (exact) mass is 433 g/mol. The van der Waals surface area contributed by atoms with Crippen molar-refractivity contribution >= 4 is 29.1 Å². The molecule has 9 heteroatoms. The predicted molar refractivity (Wildman–Crippen MR) is 118 cm³/mol. The highest BCUT2D eigenvalue weighted by molar-refractivity contribution is 6.31. The summed E-state index contributed by atoms with van der Waals surface area (Å²) >= 11 is 6.83. The van der Waals surface area contributed by atoms with E-state index in [9.17, 15) is 0 Å². The number of aromatic nitrogens is 2. The van der Waals surface area contributed by atoms with Crippen LogP contribution in [-0.4, -0.2) is 63.1 Å². The van der Waals surface area contributed by atoms with E-state index in [-0.39, 0.29) is 12.0 Å². The van der Waals surface area contributed by atoms with Gasteiger partial charge in [-0.25, -0.2) is 4.98 Å². The molecule has 2 saturated heterocycles. The van der Waals surface area contributed by atoms with Gasteiger partial charge in [-0.2, -0.15) is 4.98 Å². The Morgan fingerprint density at radius 3 is 2.63 bits per heavy atom. The molecule has 0 saturated carbocycles. The van der Waals surface area contributed by atoms with Gasteiger partial charge in [-0.15, -0.1) is 0 Å². The van der Waals surface area contributed by atoms with E-state index in [1.54, 1.807) is 7.11 Å². The third-order valence-electron chi connectivity index (χ3n) is 5.50. The number of nitrogens with two attached hydrogens (primary N) is 1. The Morgan fingerprint density at radius 2 is 1.90 bits per heavy atom. The van der Waals surface area contributed by atoms with Crippen molar-refractivity contribution in [1.82, 2.24) is 9.97 Å². The number of hydrogen-bond donors (Lipinski definition) is 1. The Balaban J connectivity index is 1.73. The topological polar surface area (TPSA) is 86.0 Å². The summed E-state index contributed by atoms with van der Waals surface area (Å²) in [5, 5.41) is 0.677. The van der Waals surface area contributed by atoms with Gasteiger partial charge in [0.25, 0.3) is 0 Å². The van der Waals surface area contributed by atoms with Crippen LogP contribution in [0.5, 0.6) is 5.75 Å². The normalized spacial score (nSPS) is 20.2. The number of halogens is 1. The van der Waals surface area contributed by atoms with E-state index in [0.717, 1.165) is 54.6 Å². The van der Waals surface area contributed by atoms with Crippen molar-refractivity contribution in [3.8, 4) is 5.75 Å². The van der Waals surface area contributed by atoms with Crippen LogP contribution in [0.3, 0.4) is 0 Å². The molecule has 0 bridgehead atoms. The van der Waals surface area contributed by atoms with Crippen molar-refractivity contribution in [2.75, 3.05) is 68.7 Å². The molecule has 2 N–H and O–H groups in total. The molecule has 2 aliphatic heterocycles. The second kappa shape index (κ2) is 9.24. The van der Waals surface area contributed by atoms with E-state index in [4.69, 9.17) is 31.5 Å². The average molecular weight is 434 g/mol. The highest BCUT2D eigenvalue weighted by Gasteiger charge is 2.29. The molecular weight excluding hydrogens is 406 g/mol. The summed E-state index contributed by atoms with van der Waals surface area (Å²) < 4.78 is 17.1. The fraction of sp³-hybridized carbons (Fsp3) is 0.524. The van der Waals surface area contributed by atoms with Crippen LogP contribution in [0.25, 0.3) is 0 Å². The van der Waals surface area contributed by atoms with Gasteiger partial charge in [0.15, 0.2) is 0 Å². The molecule has 8 nitrogen and oxygen atoms in total. The molecule has 30 heavy (non-hydrogen) atoms. The number of rotatable bonds is 4. The molecule has 162 valence electrons. The highest BCUT2D eigenvalue weighted by atomic mass is 35.5. The van der Waals surface area contributed by atoms with Gasteiger partial charge in [0.1, 0.15) is 11.6 Å². The van der Waals surface area contributed by atoms with E-state index < -0.39 is 0 Å². The number of ether oxygens (including phenoxy) is 3. The molecule has 1 unspecified atom stereocenters. The number of aryl methyl sites for hydroxylation is 1. The lowest BCUT2D eigenvalue weighted by Gasteiger charge is -2.34. The van der Waals surface area contributed by atoms with E-state index >= 15 is 0 Å². The first-order valence-corrected chi connectivity index (χ1v) is 10.6. The van der Waals surface area contributed by atoms with E-state index in [1.807, 2.05) is 25.1 Å². The van der Waals surface area contributed by atoms with Crippen molar-refractivity contribution in [2.45, 2.75) is 19.4 Å². The Bertz CT molecular complexity index is 871. The molecule has 2 aromatic rings. The summed E-state index contributed by atoms with van der Waals surface area (Å²) in [6, 6.07) is 5.85. The van der Waals surface area contributed by atoms with Gasteiger partial charge in [0.05, 0.1) is 38.7 Å². The van der Waals surface area contributed by atoms with Crippen LogP contribution >= 0.6 is 11.6 Å². The van der Waals surface area contributed by atoms with Gasteiger partial charge in [-0.1, -0.05) is 11.6 Å². The molecule has 2 fully saturated rings. The summed E-state index contributed by atoms with van der Waals surface area (Å²) in [7, 11) is 1.69. The summed E-state index contributed by atoms with van der Waals surface area (Å²) in [5.74, 6) is 1.84. The van der Waals surface area contributed by atoms with Crippen LogP contribution in [0, 0.1) is 6.92 Å². The van der Waals surface area contributed by atoms with Gasteiger partial charge >= 0.3 is 0 Å². The Labute approximate surface area is 181 Å². The van der Waals surface area contributed by atoms with Crippen molar-refractivity contribution in [2.24, 2.45) is 0 Å². The van der Waals surface area contributed by atoms with Crippen LogP contribution < -0.4 is 20.3 Å². The lowest BCUT2D eigenvalue weighted by molar-refractivity contribution is 0.122. The Morgan fingerprint density at radius 1 is 1.10 bits per heavy atom. The number of anilines is 3. The minimum absolute atomic E-state index is 0.110. The van der Waals surface area contributed by atoms with Crippen molar-refractivity contribution in [1.29, 1.82) is 0 Å². The second-order valence-corrected chi connectivity index (χ2v) is 7.92. The molecule has 1 aromatic carbocycles. The molecule has 0 radical (unpaired) electrons. The summed E-state index contributed by atoms with van der Waals surface area (Å²) in [6.45, 7) is 6.90. The first kappa shape index (κ1) is 21.0. The minimum atomic E-state index is -0.110. The lowest BCUT2D eigenvalue weighted by Crippen LogP contribution is -2.36. The third kappa shape index (κ3) is 4.40. The summed E-state index contributed by atoms with van der Waals surface area (Å²) in [5.41, 5.74) is 8.68. The van der Waals surface area contributed by atoms with Crippen LogP contribution in [0.4, 0.5) is 17.5 Å². The van der Waals surface area contributed by atoms with Gasteiger partial charge < -0.3 is 29.7 Å². The molecule has 0 amide bonds. The van der Waals surface area contributed by atoms with Gasteiger partial charge in [0, 0.05) is 43.0 Å². The average Bonchev–Trinajstić information content (AvgIpc) is 2.99. The maximum absolute atomic E-state index is 6.83. The van der Waals surface area contributed by atoms with Crippen molar-refractivity contribution in [3.63, 3.8) is 0 Å². The smallest absolute Gasteiger partial charge is 0.222 e. The van der Waals surface area contributed by atoms with E-state index in [0.29, 0.717) is 31.5 Å². The van der Waals surface area contributed by atoms with Crippen LogP contribution in [0.2, 0.25) is 5.02 Å². The third-order valence-corrected chi connectivity index (χ3v) is 5.83. The maximum atomic E-state index is 6.83. The van der Waals surface area contributed by atoms with Gasteiger partial charge in [0.2, 0.25) is 5.95 Å². The molecule has 2 aliphatic rings. The Kier molecular flexibility index (Phi) is 6.46. The number of hydrogen-bond acceptors (Lipinski definition) is 8. The van der Waals surface area contributed by atoms with Gasteiger partial charge in [-0.3, -0.25) is 0 Å². The van der Waals surface area contributed by atoms with Crippen molar-refractivity contribution in [3.05, 3.63) is 34.5 Å². The minimum Gasteiger partial charge on any atom is -0.495 e. The maximum Gasteiger partial charge on any atom is 0.222 e. The summed E-state index contributed by atoms with van der Waals surface area (Å²) in [4.78, 5) is 13.1. The number of methoxy groups -OCH3 is 1. The highest BCUT2D eigenvalue weighted by Crippen LogP contribution is 2.40. The molecule has 4 rings (SSSR count). The zero-order valence-corrected chi connectivity index (χ0v) is 18.2. The number of nitrogen functional groups attached to an aromatic ring is 1. The second-order valence-electron chi connectivity index (χ2n) is 7.51. The zero-order chi connectivity index (χ0) is 21.1. The fourth-order valence-electron chi connectivity index (χ4n) is 4.06. The van der Waals surface area contributed by atoms with Crippen molar-refractivity contribution < 1.29 is 14.2 Å². The molecule has 3 heterocycles.